The lowest BCUT2D eigenvalue weighted by molar-refractivity contribution is -0.112. The van der Waals surface area contributed by atoms with E-state index in [9.17, 15) is 4.79 Å². The largest absolute Gasteiger partial charge is 0.412 e. The Balaban J connectivity index is 0. The summed E-state index contributed by atoms with van der Waals surface area (Å²) in [5.74, 6) is 0.308. The maximum absolute atomic E-state index is 9.97. The van der Waals surface area contributed by atoms with Crippen molar-refractivity contribution in [1.29, 1.82) is 0 Å². The third kappa shape index (κ3) is 4.39. The van der Waals surface area contributed by atoms with Crippen LogP contribution in [0.25, 0.3) is 0 Å². The Bertz CT molecular complexity index is 79.7. The van der Waals surface area contributed by atoms with Gasteiger partial charge in [0.15, 0.2) is 0 Å². The van der Waals surface area contributed by atoms with E-state index in [1.54, 1.807) is 0 Å². The van der Waals surface area contributed by atoms with Crippen LogP contribution < -0.4 is 5.73 Å². The van der Waals surface area contributed by atoms with E-state index in [1.165, 1.54) is 0 Å². The van der Waals surface area contributed by atoms with Crippen LogP contribution >= 0.6 is 24.2 Å². The molecule has 4 N–H and O–H groups in total. The lowest BCUT2D eigenvalue weighted by Crippen LogP contribution is -2.28. The van der Waals surface area contributed by atoms with Crippen LogP contribution in [0.3, 0.4) is 0 Å². The van der Waals surface area contributed by atoms with Crippen molar-refractivity contribution in [1.82, 2.24) is 0 Å². The Kier molecular flexibility index (Phi) is 7.44. The summed E-state index contributed by atoms with van der Waals surface area (Å²) >= 11 is 8.64. The number of thiol groups is 1. The first-order valence-electron chi connectivity index (χ1n) is 1.74. The summed E-state index contributed by atoms with van der Waals surface area (Å²) in [6, 6.07) is -0.606. The summed E-state index contributed by atoms with van der Waals surface area (Å²) in [6.07, 6.45) is 0. The summed E-state index contributed by atoms with van der Waals surface area (Å²) in [5, 5.41) is -0.532. The molecule has 0 aliphatic heterocycles. The number of halogens is 1. The molecule has 0 unspecified atom stereocenters. The second kappa shape index (κ2) is 5.37. The molecule has 0 radical (unpaired) electrons. The number of rotatable bonds is 2. The zero-order valence-corrected chi connectivity index (χ0v) is 5.75. The molecule has 0 spiro atoms. The minimum atomic E-state index is -0.606. The fourth-order valence-electron chi connectivity index (χ4n) is 0.0718. The Labute approximate surface area is 57.9 Å². The van der Waals surface area contributed by atoms with Gasteiger partial charge in [-0.3, -0.25) is 4.79 Å². The Morgan fingerprint density at radius 1 is 1.88 bits per heavy atom. The van der Waals surface area contributed by atoms with Crippen molar-refractivity contribution >= 4 is 29.5 Å². The van der Waals surface area contributed by atoms with Crippen LogP contribution in [-0.4, -0.2) is 22.5 Å². The number of carbonyl (C=O) groups is 1. The number of hydrogen-bond donors (Lipinski definition) is 2. The SMILES string of the molecule is N[C@@H](CS)C(=O)Cl.O. The lowest BCUT2D eigenvalue weighted by atomic mass is 10.4. The van der Waals surface area contributed by atoms with Crippen LogP contribution in [0.4, 0.5) is 0 Å². The van der Waals surface area contributed by atoms with Gasteiger partial charge in [-0.05, 0) is 11.6 Å². The topological polar surface area (TPSA) is 74.6 Å². The Morgan fingerprint density at radius 3 is 2.25 bits per heavy atom. The molecular weight excluding hydrogens is 150 g/mol. The average molecular weight is 158 g/mol. The molecule has 0 heterocycles. The predicted molar refractivity (Wildman–Crippen MR) is 36.3 cm³/mol. The molecule has 0 aromatic rings. The average Bonchev–Trinajstić information content (AvgIpc) is 1.65. The van der Waals surface area contributed by atoms with E-state index in [-0.39, 0.29) is 5.48 Å². The minimum Gasteiger partial charge on any atom is -0.412 e. The predicted octanol–water partition coefficient (Wildman–Crippen LogP) is -0.816. The van der Waals surface area contributed by atoms with Gasteiger partial charge in [-0.15, -0.1) is 0 Å². The zero-order valence-electron chi connectivity index (χ0n) is 4.10. The summed E-state index contributed by atoms with van der Waals surface area (Å²) in [6.45, 7) is 0. The van der Waals surface area contributed by atoms with Crippen molar-refractivity contribution in [2.75, 3.05) is 5.75 Å². The highest BCUT2D eigenvalue weighted by molar-refractivity contribution is 7.80. The maximum atomic E-state index is 9.97. The van der Waals surface area contributed by atoms with E-state index < -0.39 is 11.3 Å². The van der Waals surface area contributed by atoms with Crippen LogP contribution in [0, 0.1) is 0 Å². The summed E-state index contributed by atoms with van der Waals surface area (Å²) < 4.78 is 0. The van der Waals surface area contributed by atoms with E-state index in [1.807, 2.05) is 0 Å². The van der Waals surface area contributed by atoms with Crippen molar-refractivity contribution in [2.24, 2.45) is 5.73 Å². The molecule has 5 heteroatoms. The highest BCUT2D eigenvalue weighted by Crippen LogP contribution is 1.88. The van der Waals surface area contributed by atoms with Gasteiger partial charge in [0.1, 0.15) is 0 Å². The van der Waals surface area contributed by atoms with Gasteiger partial charge in [0.05, 0.1) is 6.04 Å². The van der Waals surface area contributed by atoms with Crippen LogP contribution in [0.5, 0.6) is 0 Å². The van der Waals surface area contributed by atoms with Gasteiger partial charge in [-0.25, -0.2) is 0 Å². The fraction of sp³-hybridized carbons (Fsp3) is 0.667. The number of carbonyl (C=O) groups excluding carboxylic acids is 1. The Morgan fingerprint density at radius 2 is 2.25 bits per heavy atom. The van der Waals surface area contributed by atoms with Gasteiger partial charge in [0, 0.05) is 5.75 Å². The van der Waals surface area contributed by atoms with Crippen molar-refractivity contribution < 1.29 is 10.3 Å². The summed E-state index contributed by atoms with van der Waals surface area (Å²) in [5.41, 5.74) is 5.06. The van der Waals surface area contributed by atoms with E-state index in [4.69, 9.17) is 17.3 Å². The van der Waals surface area contributed by atoms with Crippen LogP contribution in [-0.2, 0) is 4.79 Å². The smallest absolute Gasteiger partial charge is 0.239 e. The van der Waals surface area contributed by atoms with E-state index in [2.05, 4.69) is 12.6 Å². The van der Waals surface area contributed by atoms with Crippen molar-refractivity contribution in [3.8, 4) is 0 Å². The van der Waals surface area contributed by atoms with E-state index >= 15 is 0 Å². The van der Waals surface area contributed by atoms with Crippen molar-refractivity contribution in [3.63, 3.8) is 0 Å². The summed E-state index contributed by atoms with van der Waals surface area (Å²) in [4.78, 5) is 9.97. The van der Waals surface area contributed by atoms with Gasteiger partial charge in [-0.2, -0.15) is 12.6 Å². The molecule has 0 saturated carbocycles. The normalized spacial score (nSPS) is 11.9. The molecule has 0 bridgehead atoms. The second-order valence-electron chi connectivity index (χ2n) is 1.09. The monoisotopic (exact) mass is 157 g/mol. The Hall–Kier alpha value is 0.230. The molecule has 0 saturated heterocycles. The van der Waals surface area contributed by atoms with Gasteiger partial charge in [0.2, 0.25) is 5.24 Å². The number of hydrogen-bond acceptors (Lipinski definition) is 3. The van der Waals surface area contributed by atoms with Crippen LogP contribution in [0.1, 0.15) is 0 Å². The fourth-order valence-corrected chi connectivity index (χ4v) is 0.422. The quantitative estimate of drug-likeness (QED) is 0.406. The minimum absolute atomic E-state index is 0. The van der Waals surface area contributed by atoms with Gasteiger partial charge in [-0.1, -0.05) is 0 Å². The summed E-state index contributed by atoms with van der Waals surface area (Å²) in [7, 11) is 0. The highest BCUT2D eigenvalue weighted by atomic mass is 35.5. The van der Waals surface area contributed by atoms with Gasteiger partial charge in [0.25, 0.3) is 0 Å². The molecule has 1 atom stereocenters. The van der Waals surface area contributed by atoms with Gasteiger partial charge >= 0.3 is 0 Å². The molecule has 50 valence electrons. The van der Waals surface area contributed by atoms with E-state index in [0.29, 0.717) is 5.75 Å². The van der Waals surface area contributed by atoms with Crippen molar-refractivity contribution in [2.45, 2.75) is 6.04 Å². The van der Waals surface area contributed by atoms with E-state index in [0.717, 1.165) is 0 Å². The zero-order chi connectivity index (χ0) is 5.86. The first kappa shape index (κ1) is 11.1. The molecule has 3 nitrogen and oxygen atoms in total. The van der Waals surface area contributed by atoms with Crippen molar-refractivity contribution in [3.05, 3.63) is 0 Å². The number of nitrogens with two attached hydrogens (primary N) is 1. The molecule has 0 rings (SSSR count). The first-order valence-corrected chi connectivity index (χ1v) is 2.75. The standard InChI is InChI=1S/C3H6ClNOS.H2O/c4-3(6)2(5)1-7;/h2,7H,1,5H2;1H2/t2-;/m0./s1. The first-order chi connectivity index (χ1) is 3.18. The second-order valence-corrected chi connectivity index (χ2v) is 1.83. The maximum Gasteiger partial charge on any atom is 0.239 e. The molecule has 0 amide bonds. The van der Waals surface area contributed by atoms with Crippen LogP contribution in [0.15, 0.2) is 0 Å². The third-order valence-electron chi connectivity index (χ3n) is 0.488. The lowest BCUT2D eigenvalue weighted by Gasteiger charge is -1.96. The molecule has 0 aromatic carbocycles. The molecule has 8 heavy (non-hydrogen) atoms. The molecule has 0 aliphatic rings. The third-order valence-corrected chi connectivity index (χ3v) is 1.16. The van der Waals surface area contributed by atoms with Crippen LogP contribution in [0.2, 0.25) is 0 Å². The molecular formula is C3H8ClNO2S. The molecule has 0 fully saturated rings. The van der Waals surface area contributed by atoms with Gasteiger partial charge < -0.3 is 11.2 Å². The molecule has 0 aromatic heterocycles. The molecule has 0 aliphatic carbocycles. The highest BCUT2D eigenvalue weighted by Gasteiger charge is 2.05.